The third-order valence-corrected chi connectivity index (χ3v) is 6.25. The molecule has 4 rings (SSSR count). The molecule has 6 nitrogen and oxygen atoms in total. The van der Waals surface area contributed by atoms with Crippen molar-refractivity contribution in [3.8, 4) is 0 Å². The molecule has 1 aliphatic heterocycles. The molecule has 1 saturated heterocycles. The van der Waals surface area contributed by atoms with Crippen molar-refractivity contribution in [2.24, 2.45) is 0 Å². The van der Waals surface area contributed by atoms with E-state index in [1.165, 1.54) is 0 Å². The van der Waals surface area contributed by atoms with Crippen molar-refractivity contribution in [1.82, 2.24) is 14.1 Å². The Morgan fingerprint density at radius 1 is 0.960 bits per heavy atom. The molecule has 0 radical (unpaired) electrons. The van der Waals surface area contributed by atoms with Gasteiger partial charge in [-0.25, -0.2) is 0 Å². The highest BCUT2D eigenvalue weighted by Crippen LogP contribution is 2.24. The second-order valence-electron chi connectivity index (χ2n) is 6.34. The van der Waals surface area contributed by atoms with Crippen molar-refractivity contribution in [1.29, 1.82) is 0 Å². The smallest absolute Gasteiger partial charge is 0.283 e. The molecule has 1 fully saturated rings. The molecule has 0 aliphatic carbocycles. The first kappa shape index (κ1) is 16.1. The molecular weight excluding hydrogens is 336 g/mol. The molecule has 1 aliphatic rings. The molecule has 130 valence electrons. The highest BCUT2D eigenvalue weighted by Gasteiger charge is 2.22. The summed E-state index contributed by atoms with van der Waals surface area (Å²) in [7, 11) is -1.63. The van der Waals surface area contributed by atoms with E-state index in [1.54, 1.807) is 30.5 Å². The van der Waals surface area contributed by atoms with Crippen molar-refractivity contribution in [2.45, 2.75) is 4.90 Å². The maximum absolute atomic E-state index is 13.1. The predicted octanol–water partition coefficient (Wildman–Crippen LogP) is 2.03. The van der Waals surface area contributed by atoms with Gasteiger partial charge in [0.1, 0.15) is 0 Å². The fourth-order valence-corrected chi connectivity index (χ4v) is 4.46. The van der Waals surface area contributed by atoms with Crippen LogP contribution in [0.4, 0.5) is 5.69 Å². The number of anilines is 1. The summed E-state index contributed by atoms with van der Waals surface area (Å²) in [5, 5.41) is 4.91. The first-order chi connectivity index (χ1) is 12.1. The Hall–Kier alpha value is -2.38. The maximum Gasteiger partial charge on any atom is 0.283 e. The molecule has 0 atom stereocenters. The minimum absolute atomic E-state index is 0.262. The number of benzene rings is 2. The van der Waals surface area contributed by atoms with E-state index in [0.717, 1.165) is 41.3 Å². The van der Waals surface area contributed by atoms with Crippen molar-refractivity contribution < 1.29 is 8.42 Å². The summed E-state index contributed by atoms with van der Waals surface area (Å²) in [6, 6.07) is 14.4. The van der Waals surface area contributed by atoms with E-state index in [9.17, 15) is 8.42 Å². The summed E-state index contributed by atoms with van der Waals surface area (Å²) in [6.07, 6.45) is 1.58. The Bertz CT molecular complexity index is 1000. The Morgan fingerprint density at radius 3 is 2.52 bits per heavy atom. The lowest BCUT2D eigenvalue weighted by atomic mass is 10.2. The molecule has 1 aromatic heterocycles. The minimum Gasteiger partial charge on any atom is -0.369 e. The quantitative estimate of drug-likeness (QED) is 0.719. The predicted molar refractivity (Wildman–Crippen MR) is 98.5 cm³/mol. The second kappa shape index (κ2) is 6.16. The average Bonchev–Trinajstić information content (AvgIpc) is 3.07. The molecule has 25 heavy (non-hydrogen) atoms. The summed E-state index contributed by atoms with van der Waals surface area (Å²) in [4.78, 5) is 4.76. The van der Waals surface area contributed by atoms with Gasteiger partial charge in [-0.3, -0.25) is 0 Å². The summed E-state index contributed by atoms with van der Waals surface area (Å²) in [5.74, 6) is 0. The van der Waals surface area contributed by atoms with Crippen LogP contribution in [0.5, 0.6) is 0 Å². The lowest BCUT2D eigenvalue weighted by molar-refractivity contribution is 0.313. The number of hydrogen-bond donors (Lipinski definition) is 0. The first-order valence-corrected chi connectivity index (χ1v) is 9.72. The summed E-state index contributed by atoms with van der Waals surface area (Å²) in [5.41, 5.74) is 1.53. The first-order valence-electron chi connectivity index (χ1n) is 8.27. The Kier molecular flexibility index (Phi) is 3.97. The van der Waals surface area contributed by atoms with Crippen LogP contribution in [0.1, 0.15) is 0 Å². The second-order valence-corrected chi connectivity index (χ2v) is 8.11. The van der Waals surface area contributed by atoms with E-state index in [0.29, 0.717) is 5.52 Å². The number of fused-ring (bicyclic) bond motifs is 1. The minimum atomic E-state index is -3.73. The van der Waals surface area contributed by atoms with E-state index in [1.807, 2.05) is 24.3 Å². The molecule has 2 heterocycles. The van der Waals surface area contributed by atoms with Crippen LogP contribution in [0.3, 0.4) is 0 Å². The molecule has 0 saturated carbocycles. The third-order valence-electron chi connectivity index (χ3n) is 4.66. The standard InChI is InChI=1S/C18H20N4O2S/c1-20-9-11-21(12-10-20)16-6-4-7-17(13-16)25(23,24)22-18-8-3-2-5-15(18)14-19-22/h2-8,13-14H,9-12H2,1H3. The van der Waals surface area contributed by atoms with Gasteiger partial charge in [-0.2, -0.15) is 17.6 Å². The van der Waals surface area contributed by atoms with Crippen LogP contribution in [0.2, 0.25) is 0 Å². The number of para-hydroxylation sites is 1. The zero-order valence-electron chi connectivity index (χ0n) is 14.0. The molecule has 0 N–H and O–H groups in total. The molecule has 0 amide bonds. The fraction of sp³-hybridized carbons (Fsp3) is 0.278. The molecule has 0 unspecified atom stereocenters. The number of nitrogens with zero attached hydrogens (tertiary/aromatic N) is 4. The SMILES string of the molecule is CN1CCN(c2cccc(S(=O)(=O)n3ncc4ccccc43)c2)CC1. The van der Waals surface area contributed by atoms with Gasteiger partial charge in [0, 0.05) is 37.3 Å². The van der Waals surface area contributed by atoms with E-state index in [2.05, 4.69) is 21.9 Å². The largest absolute Gasteiger partial charge is 0.369 e. The van der Waals surface area contributed by atoms with Gasteiger partial charge in [-0.1, -0.05) is 24.3 Å². The van der Waals surface area contributed by atoms with E-state index in [4.69, 9.17) is 0 Å². The summed E-state index contributed by atoms with van der Waals surface area (Å²) < 4.78 is 27.3. The highest BCUT2D eigenvalue weighted by molar-refractivity contribution is 7.90. The van der Waals surface area contributed by atoms with Crippen LogP contribution in [0.15, 0.2) is 59.6 Å². The lowest BCUT2D eigenvalue weighted by Crippen LogP contribution is -2.44. The molecule has 0 bridgehead atoms. The zero-order valence-corrected chi connectivity index (χ0v) is 14.9. The maximum atomic E-state index is 13.1. The van der Waals surface area contributed by atoms with Crippen molar-refractivity contribution >= 4 is 26.6 Å². The lowest BCUT2D eigenvalue weighted by Gasteiger charge is -2.34. The number of rotatable bonds is 3. The monoisotopic (exact) mass is 356 g/mol. The van der Waals surface area contributed by atoms with E-state index in [-0.39, 0.29) is 4.90 Å². The van der Waals surface area contributed by atoms with Crippen LogP contribution in [0.25, 0.3) is 10.9 Å². The van der Waals surface area contributed by atoms with Crippen molar-refractivity contribution in [2.75, 3.05) is 38.1 Å². The van der Waals surface area contributed by atoms with Gasteiger partial charge in [0.25, 0.3) is 10.0 Å². The van der Waals surface area contributed by atoms with Gasteiger partial charge in [-0.15, -0.1) is 0 Å². The van der Waals surface area contributed by atoms with Crippen LogP contribution in [0, 0.1) is 0 Å². The average molecular weight is 356 g/mol. The van der Waals surface area contributed by atoms with Crippen LogP contribution in [-0.4, -0.2) is 55.7 Å². The number of aromatic nitrogens is 2. The van der Waals surface area contributed by atoms with Crippen LogP contribution < -0.4 is 4.90 Å². The number of piperazine rings is 1. The molecular formula is C18H20N4O2S. The van der Waals surface area contributed by atoms with E-state index >= 15 is 0 Å². The van der Waals surface area contributed by atoms with Gasteiger partial charge in [-0.05, 0) is 31.3 Å². The topological polar surface area (TPSA) is 58.4 Å². The van der Waals surface area contributed by atoms with Gasteiger partial charge in [0.05, 0.1) is 16.6 Å². The number of hydrogen-bond acceptors (Lipinski definition) is 5. The number of likely N-dealkylation sites (N-methyl/N-ethyl adjacent to an activating group) is 1. The fourth-order valence-electron chi connectivity index (χ4n) is 3.14. The molecule has 7 heteroatoms. The Morgan fingerprint density at radius 2 is 1.72 bits per heavy atom. The van der Waals surface area contributed by atoms with Gasteiger partial charge in [0.2, 0.25) is 0 Å². The van der Waals surface area contributed by atoms with Crippen LogP contribution >= 0.6 is 0 Å². The molecule has 2 aromatic carbocycles. The van der Waals surface area contributed by atoms with Crippen molar-refractivity contribution in [3.63, 3.8) is 0 Å². The summed E-state index contributed by atoms with van der Waals surface area (Å²) in [6.45, 7) is 3.73. The van der Waals surface area contributed by atoms with E-state index < -0.39 is 10.0 Å². The Labute approximate surface area is 147 Å². The normalized spacial score (nSPS) is 16.4. The van der Waals surface area contributed by atoms with Gasteiger partial charge < -0.3 is 9.80 Å². The zero-order chi connectivity index (χ0) is 17.4. The molecule has 3 aromatic rings. The highest BCUT2D eigenvalue weighted by atomic mass is 32.2. The summed E-state index contributed by atoms with van der Waals surface area (Å²) >= 11 is 0. The molecule has 0 spiro atoms. The Balaban J connectivity index is 1.72. The van der Waals surface area contributed by atoms with Gasteiger partial charge >= 0.3 is 0 Å². The van der Waals surface area contributed by atoms with Crippen LogP contribution in [-0.2, 0) is 10.0 Å². The van der Waals surface area contributed by atoms with Gasteiger partial charge in [0.15, 0.2) is 0 Å². The third kappa shape index (κ3) is 2.89. The van der Waals surface area contributed by atoms with Crippen molar-refractivity contribution in [3.05, 3.63) is 54.7 Å².